The van der Waals surface area contributed by atoms with Gasteiger partial charge in [0.05, 0.1) is 23.7 Å². The summed E-state index contributed by atoms with van der Waals surface area (Å²) in [4.78, 5) is 13.3. The zero-order valence-corrected chi connectivity index (χ0v) is 22.4. The number of nitrogens with zero attached hydrogens (tertiary/aromatic N) is 2. The van der Waals surface area contributed by atoms with E-state index in [4.69, 9.17) is 10.8 Å². The van der Waals surface area contributed by atoms with Gasteiger partial charge in [0, 0.05) is 17.5 Å². The molecule has 0 unspecified atom stereocenters. The molecule has 5 nitrogen and oxygen atoms in total. The molecule has 0 spiro atoms. The number of fused-ring (bicyclic) bond motifs is 6. The van der Waals surface area contributed by atoms with E-state index in [1.165, 1.54) is 11.1 Å². The van der Waals surface area contributed by atoms with E-state index >= 15 is 0 Å². The minimum absolute atomic E-state index is 0.0807. The number of carbonyl (C=O) groups excluding carboxylic acids is 1. The smallest absolute Gasteiger partial charge is 0.139 e. The molecule has 0 aliphatic heterocycles. The summed E-state index contributed by atoms with van der Waals surface area (Å²) >= 11 is 0. The van der Waals surface area contributed by atoms with Crippen LogP contribution in [-0.4, -0.2) is 26.8 Å². The molecule has 8 atom stereocenters. The van der Waals surface area contributed by atoms with Gasteiger partial charge in [-0.2, -0.15) is 5.10 Å². The Kier molecular flexibility index (Phi) is 5.19. The maximum Gasteiger partial charge on any atom is 0.139 e. The average Bonchev–Trinajstić information content (AvgIpc) is 3.33. The lowest BCUT2D eigenvalue weighted by molar-refractivity contribution is -0.158. The second-order valence-electron chi connectivity index (χ2n) is 13.0. The lowest BCUT2D eigenvalue weighted by atomic mass is 9.44. The Bertz CT molecular complexity index is 1250. The second-order valence-corrected chi connectivity index (χ2v) is 13.0. The monoisotopic (exact) mass is 487 g/mol. The number of carbonyl (C=O) groups is 1. The maximum atomic E-state index is 13.3. The van der Waals surface area contributed by atoms with Crippen LogP contribution in [0, 0.1) is 39.9 Å². The molecule has 4 aliphatic rings. The van der Waals surface area contributed by atoms with Crippen LogP contribution < -0.4 is 5.73 Å². The summed E-state index contributed by atoms with van der Waals surface area (Å²) in [6, 6.07) is 7.88. The number of Topliss-reactive ketones (excluding diaryl/α,β-unsaturated/α-hetero) is 1. The summed E-state index contributed by atoms with van der Waals surface area (Å²) in [5, 5.41) is 16.6. The Morgan fingerprint density at radius 2 is 1.94 bits per heavy atom. The number of benzene rings is 1. The fourth-order valence-electron chi connectivity index (χ4n) is 9.52. The number of ketones is 1. The number of anilines is 1. The van der Waals surface area contributed by atoms with Crippen LogP contribution in [0.15, 0.2) is 36.0 Å². The molecular formula is C31H41N3O2. The molecule has 1 aromatic carbocycles. The van der Waals surface area contributed by atoms with Gasteiger partial charge in [-0.3, -0.25) is 4.79 Å². The normalized spacial score (nSPS) is 41.1. The average molecular weight is 488 g/mol. The van der Waals surface area contributed by atoms with Crippen LogP contribution in [0.3, 0.4) is 0 Å². The van der Waals surface area contributed by atoms with Crippen LogP contribution in [0.5, 0.6) is 0 Å². The largest absolute Gasteiger partial charge is 0.399 e. The fraction of sp³-hybridized carbons (Fsp3) is 0.613. The number of hydrogen-bond acceptors (Lipinski definition) is 4. The predicted octanol–water partition coefficient (Wildman–Crippen LogP) is 5.84. The molecule has 3 fully saturated rings. The van der Waals surface area contributed by atoms with Crippen molar-refractivity contribution in [3.8, 4) is 5.69 Å². The third-order valence-corrected chi connectivity index (χ3v) is 11.6. The van der Waals surface area contributed by atoms with Gasteiger partial charge in [-0.25, -0.2) is 4.68 Å². The molecule has 6 rings (SSSR count). The van der Waals surface area contributed by atoms with Gasteiger partial charge in [0.1, 0.15) is 5.78 Å². The topological polar surface area (TPSA) is 81.1 Å². The number of allylic oxidation sites excluding steroid dienone is 1. The summed E-state index contributed by atoms with van der Waals surface area (Å²) in [6.45, 7) is 11.2. The Morgan fingerprint density at radius 3 is 2.64 bits per heavy atom. The van der Waals surface area contributed by atoms with E-state index in [0.717, 1.165) is 49.2 Å². The van der Waals surface area contributed by atoms with Gasteiger partial charge in [-0.05, 0) is 103 Å². The number of nitrogen functional groups attached to an aromatic ring is 1. The number of aromatic nitrogens is 2. The Hall–Kier alpha value is -2.40. The van der Waals surface area contributed by atoms with Gasteiger partial charge in [-0.15, -0.1) is 0 Å². The molecule has 192 valence electrons. The van der Waals surface area contributed by atoms with E-state index in [0.29, 0.717) is 30.0 Å². The molecule has 5 heteroatoms. The van der Waals surface area contributed by atoms with Crippen molar-refractivity contribution in [2.45, 2.75) is 79.2 Å². The molecule has 3 saturated carbocycles. The SMILES string of the molecule is CCC(=O)[C@@]1(C)[C@H](C)C[C@H]2[C@@H]3CCC4=Cc5c(cnn5-c5ccc(N)cc5)C[C@]4(C)[C@H]3[C@@H](O)C[C@@]21C. The zero-order chi connectivity index (χ0) is 25.6. The summed E-state index contributed by atoms with van der Waals surface area (Å²) < 4.78 is 2.03. The number of aliphatic hydroxyl groups excluding tert-OH is 1. The van der Waals surface area contributed by atoms with Gasteiger partial charge in [-0.1, -0.05) is 40.2 Å². The van der Waals surface area contributed by atoms with E-state index in [-0.39, 0.29) is 22.2 Å². The Morgan fingerprint density at radius 1 is 1.22 bits per heavy atom. The lowest BCUT2D eigenvalue weighted by Crippen LogP contribution is -2.59. The maximum absolute atomic E-state index is 13.3. The molecule has 0 amide bonds. The van der Waals surface area contributed by atoms with Crippen LogP contribution in [0.2, 0.25) is 0 Å². The number of aliphatic hydroxyl groups is 1. The molecule has 1 heterocycles. The molecule has 0 radical (unpaired) electrons. The van der Waals surface area contributed by atoms with Crippen LogP contribution in [-0.2, 0) is 11.2 Å². The van der Waals surface area contributed by atoms with Gasteiger partial charge < -0.3 is 10.8 Å². The van der Waals surface area contributed by atoms with E-state index in [1.807, 2.05) is 42.1 Å². The van der Waals surface area contributed by atoms with Crippen molar-refractivity contribution in [1.29, 1.82) is 0 Å². The van der Waals surface area contributed by atoms with E-state index in [9.17, 15) is 9.90 Å². The highest BCUT2D eigenvalue weighted by Crippen LogP contribution is 2.71. The summed E-state index contributed by atoms with van der Waals surface area (Å²) in [6.07, 6.45) is 9.45. The van der Waals surface area contributed by atoms with Crippen LogP contribution in [0.1, 0.15) is 78.0 Å². The third-order valence-electron chi connectivity index (χ3n) is 11.6. The fourth-order valence-corrected chi connectivity index (χ4v) is 9.52. The first-order valence-corrected chi connectivity index (χ1v) is 13.9. The lowest BCUT2D eigenvalue weighted by Gasteiger charge is -2.61. The van der Waals surface area contributed by atoms with Crippen molar-refractivity contribution < 1.29 is 9.90 Å². The second kappa shape index (κ2) is 7.80. The van der Waals surface area contributed by atoms with Gasteiger partial charge >= 0.3 is 0 Å². The number of rotatable bonds is 3. The summed E-state index contributed by atoms with van der Waals surface area (Å²) in [5.41, 5.74) is 11.0. The van der Waals surface area contributed by atoms with Crippen molar-refractivity contribution in [1.82, 2.24) is 9.78 Å². The number of nitrogens with two attached hydrogens (primary N) is 1. The molecule has 1 aromatic heterocycles. The first-order valence-electron chi connectivity index (χ1n) is 13.9. The molecular weight excluding hydrogens is 446 g/mol. The highest BCUT2D eigenvalue weighted by molar-refractivity contribution is 5.86. The van der Waals surface area contributed by atoms with Crippen molar-refractivity contribution in [2.75, 3.05) is 5.73 Å². The minimum Gasteiger partial charge on any atom is -0.399 e. The van der Waals surface area contributed by atoms with Crippen LogP contribution >= 0.6 is 0 Å². The zero-order valence-electron chi connectivity index (χ0n) is 22.4. The van der Waals surface area contributed by atoms with Crippen molar-refractivity contribution >= 4 is 17.5 Å². The van der Waals surface area contributed by atoms with Crippen molar-refractivity contribution in [3.63, 3.8) is 0 Å². The summed E-state index contributed by atoms with van der Waals surface area (Å²) in [5.74, 6) is 1.88. The third kappa shape index (κ3) is 2.92. The van der Waals surface area contributed by atoms with Gasteiger partial charge in [0.15, 0.2) is 0 Å². The molecule has 3 N–H and O–H groups in total. The van der Waals surface area contributed by atoms with Crippen molar-refractivity contribution in [3.05, 3.63) is 47.3 Å². The quantitative estimate of drug-likeness (QED) is 0.533. The first kappa shape index (κ1) is 24.0. The molecule has 0 bridgehead atoms. The molecule has 0 saturated heterocycles. The van der Waals surface area contributed by atoms with Crippen molar-refractivity contribution in [2.24, 2.45) is 39.9 Å². The molecule has 4 aliphatic carbocycles. The summed E-state index contributed by atoms with van der Waals surface area (Å²) in [7, 11) is 0. The minimum atomic E-state index is -0.395. The van der Waals surface area contributed by atoms with E-state index in [2.05, 4.69) is 33.8 Å². The molecule has 36 heavy (non-hydrogen) atoms. The standard InChI is InChI=1S/C31H41N3O2/c1-6-27(36)31(5)18(2)13-24-23-12-7-20-14-25-19(17-33-34(25)22-10-8-21(32)9-11-22)15-29(20,3)28(23)26(35)16-30(24,31)4/h8-11,14,17-18,23-24,26,28,35H,6-7,12-13,15-16,32H2,1-5H3/t18-,23+,24+,26+,28-,29+,30+,31-/m1/s1. The van der Waals surface area contributed by atoms with E-state index in [1.54, 1.807) is 0 Å². The van der Waals surface area contributed by atoms with E-state index < -0.39 is 6.10 Å². The molecule has 2 aromatic rings. The van der Waals surface area contributed by atoms with Crippen LogP contribution in [0.4, 0.5) is 5.69 Å². The predicted molar refractivity (Wildman–Crippen MR) is 143 cm³/mol. The first-order chi connectivity index (χ1) is 17.0. The highest BCUT2D eigenvalue weighted by atomic mass is 16.3. The van der Waals surface area contributed by atoms with Gasteiger partial charge in [0.25, 0.3) is 0 Å². The Balaban J connectivity index is 1.38. The number of hydrogen-bond donors (Lipinski definition) is 2. The Labute approximate surface area is 215 Å². The highest BCUT2D eigenvalue weighted by Gasteiger charge is 2.68. The van der Waals surface area contributed by atoms with Gasteiger partial charge in [0.2, 0.25) is 0 Å². The van der Waals surface area contributed by atoms with Crippen LogP contribution in [0.25, 0.3) is 11.8 Å².